The Morgan fingerprint density at radius 2 is 1.85 bits per heavy atom. The van der Waals surface area contributed by atoms with Gasteiger partial charge in [-0.15, -0.1) is 10.2 Å². The molecule has 0 fully saturated rings. The van der Waals surface area contributed by atoms with Crippen molar-refractivity contribution in [1.29, 1.82) is 0 Å². The summed E-state index contributed by atoms with van der Waals surface area (Å²) in [5, 5.41) is 20.2. The summed E-state index contributed by atoms with van der Waals surface area (Å²) in [5.41, 5.74) is 0.0664. The first-order valence-electron chi connectivity index (χ1n) is 7.45. The Morgan fingerprint density at radius 1 is 1.19 bits per heavy atom. The highest BCUT2D eigenvalue weighted by molar-refractivity contribution is 7.85. The first-order chi connectivity index (χ1) is 12.7. The zero-order chi connectivity index (χ0) is 19.8. The summed E-state index contributed by atoms with van der Waals surface area (Å²) in [6.45, 7) is 1.60. The quantitative estimate of drug-likeness (QED) is 0.505. The third-order valence-corrected chi connectivity index (χ3v) is 4.67. The van der Waals surface area contributed by atoms with Crippen molar-refractivity contribution >= 4 is 33.1 Å². The smallest absolute Gasteiger partial charge is 0.299 e. The molecule has 9 nitrogen and oxygen atoms in total. The number of rotatable bonds is 4. The molecule has 140 valence electrons. The summed E-state index contributed by atoms with van der Waals surface area (Å²) in [7, 11) is -4.97. The van der Waals surface area contributed by atoms with Crippen molar-refractivity contribution in [1.82, 2.24) is 9.78 Å². The predicted molar refractivity (Wildman–Crippen MR) is 96.4 cm³/mol. The molecule has 11 heteroatoms. The van der Waals surface area contributed by atoms with Gasteiger partial charge in [0, 0.05) is 5.02 Å². The molecular formula is C16H12ClN4O5S-. The van der Waals surface area contributed by atoms with E-state index in [2.05, 4.69) is 15.3 Å². The van der Waals surface area contributed by atoms with Crippen molar-refractivity contribution < 1.29 is 18.1 Å². The number of aromatic hydroxyl groups is 1. The molecule has 1 heterocycles. The largest absolute Gasteiger partial charge is 0.744 e. The number of benzene rings is 2. The lowest BCUT2D eigenvalue weighted by Gasteiger charge is -2.10. The van der Waals surface area contributed by atoms with Crippen LogP contribution in [-0.4, -0.2) is 27.9 Å². The van der Waals surface area contributed by atoms with Crippen molar-refractivity contribution in [3.63, 3.8) is 0 Å². The fourth-order valence-corrected chi connectivity index (χ4v) is 3.24. The van der Waals surface area contributed by atoms with Crippen molar-refractivity contribution in [2.45, 2.75) is 11.8 Å². The highest BCUT2D eigenvalue weighted by atomic mass is 35.5. The van der Waals surface area contributed by atoms with E-state index in [-0.39, 0.29) is 16.4 Å². The molecule has 0 aliphatic carbocycles. The van der Waals surface area contributed by atoms with Gasteiger partial charge >= 0.3 is 0 Å². The molecule has 3 aromatic rings. The lowest BCUT2D eigenvalue weighted by atomic mass is 10.3. The second kappa shape index (κ2) is 6.99. The summed E-state index contributed by atoms with van der Waals surface area (Å²) in [6, 6.07) is 10.7. The zero-order valence-corrected chi connectivity index (χ0v) is 15.3. The standard InChI is InChI=1S/C16H13ClN4O5S/c1-9-14(16(23)21(20-9)11-5-3-2-4-6-11)19-18-12-7-10(17)8-13(15(12)22)27(24,25)26/h2-8,20,22H,1H3,(H,24,25,26)/p-1. The summed E-state index contributed by atoms with van der Waals surface area (Å²) < 4.78 is 34.8. The van der Waals surface area contributed by atoms with E-state index in [1.165, 1.54) is 4.68 Å². The van der Waals surface area contributed by atoms with Crippen LogP contribution in [0.4, 0.5) is 11.4 Å². The van der Waals surface area contributed by atoms with E-state index in [0.717, 1.165) is 12.1 Å². The lowest BCUT2D eigenvalue weighted by molar-refractivity contribution is 0.436. The highest BCUT2D eigenvalue weighted by Crippen LogP contribution is 2.37. The third-order valence-electron chi connectivity index (χ3n) is 3.60. The number of azo groups is 1. The minimum absolute atomic E-state index is 0.0511. The van der Waals surface area contributed by atoms with Gasteiger partial charge in [-0.3, -0.25) is 9.89 Å². The number of para-hydroxylation sites is 1. The van der Waals surface area contributed by atoms with Gasteiger partial charge in [0.15, 0.2) is 11.4 Å². The molecule has 3 rings (SSSR count). The molecule has 0 aliphatic heterocycles. The van der Waals surface area contributed by atoms with Crippen LogP contribution in [0.15, 0.2) is 62.4 Å². The molecule has 0 atom stereocenters. The summed E-state index contributed by atoms with van der Waals surface area (Å²) in [6.07, 6.45) is 0. The Morgan fingerprint density at radius 3 is 2.48 bits per heavy atom. The molecule has 0 saturated heterocycles. The van der Waals surface area contributed by atoms with Crippen molar-refractivity contribution in [3.8, 4) is 11.4 Å². The Bertz CT molecular complexity index is 1200. The van der Waals surface area contributed by atoms with Crippen LogP contribution in [0, 0.1) is 6.92 Å². The number of H-pyrrole nitrogens is 1. The van der Waals surface area contributed by atoms with Crippen molar-refractivity contribution in [2.75, 3.05) is 0 Å². The summed E-state index contributed by atoms with van der Waals surface area (Å²) in [4.78, 5) is 11.6. The Kier molecular flexibility index (Phi) is 4.87. The van der Waals surface area contributed by atoms with Crippen LogP contribution in [0.3, 0.4) is 0 Å². The number of aromatic amines is 1. The normalized spacial score (nSPS) is 12.0. The average molecular weight is 408 g/mol. The van der Waals surface area contributed by atoms with Gasteiger partial charge < -0.3 is 9.66 Å². The molecule has 0 amide bonds. The SMILES string of the molecule is Cc1[nH]n(-c2ccccc2)c(=O)c1N=Nc1cc(Cl)cc(S(=O)(=O)[O-])c1O. The number of nitrogens with zero attached hydrogens (tertiary/aromatic N) is 3. The third kappa shape index (κ3) is 3.77. The van der Waals surface area contributed by atoms with Crippen LogP contribution in [-0.2, 0) is 10.1 Å². The molecule has 1 aromatic heterocycles. The first kappa shape index (κ1) is 18.8. The fraction of sp³-hybridized carbons (Fsp3) is 0.0625. The lowest BCUT2D eigenvalue weighted by Crippen LogP contribution is -2.13. The second-order valence-corrected chi connectivity index (χ2v) is 7.27. The molecule has 0 unspecified atom stereocenters. The number of phenols is 1. The first-order valence-corrected chi connectivity index (χ1v) is 9.24. The minimum atomic E-state index is -4.97. The van der Waals surface area contributed by atoms with Gasteiger partial charge in [-0.25, -0.2) is 13.1 Å². The van der Waals surface area contributed by atoms with E-state index < -0.39 is 26.3 Å². The molecule has 2 N–H and O–H groups in total. The molecule has 0 radical (unpaired) electrons. The highest BCUT2D eigenvalue weighted by Gasteiger charge is 2.16. The molecule has 0 aliphatic rings. The number of nitrogens with one attached hydrogen (secondary N) is 1. The van der Waals surface area contributed by atoms with Gasteiger partial charge in [-0.05, 0) is 31.2 Å². The molecular weight excluding hydrogens is 396 g/mol. The van der Waals surface area contributed by atoms with Crippen LogP contribution < -0.4 is 5.56 Å². The van der Waals surface area contributed by atoms with E-state index in [4.69, 9.17) is 11.6 Å². The number of aryl methyl sites for hydroxylation is 1. The maximum absolute atomic E-state index is 12.5. The number of halogens is 1. The van der Waals surface area contributed by atoms with Crippen LogP contribution in [0.2, 0.25) is 5.02 Å². The van der Waals surface area contributed by atoms with Gasteiger partial charge in [-0.2, -0.15) is 0 Å². The molecule has 0 saturated carbocycles. The van der Waals surface area contributed by atoms with Gasteiger partial charge in [-0.1, -0.05) is 29.8 Å². The number of hydrogen-bond donors (Lipinski definition) is 2. The second-order valence-electron chi connectivity index (χ2n) is 5.49. The van der Waals surface area contributed by atoms with Gasteiger partial charge in [0.05, 0.1) is 16.3 Å². The molecule has 0 bridgehead atoms. The topological polar surface area (TPSA) is 140 Å². The van der Waals surface area contributed by atoms with Crippen molar-refractivity contribution in [3.05, 3.63) is 63.5 Å². The van der Waals surface area contributed by atoms with Gasteiger partial charge in [0.1, 0.15) is 15.8 Å². The van der Waals surface area contributed by atoms with Gasteiger partial charge in [0.25, 0.3) is 5.56 Å². The minimum Gasteiger partial charge on any atom is -0.744 e. The fourth-order valence-electron chi connectivity index (χ4n) is 2.35. The maximum Gasteiger partial charge on any atom is 0.299 e. The van der Waals surface area contributed by atoms with Crippen molar-refractivity contribution in [2.24, 2.45) is 10.2 Å². The monoisotopic (exact) mass is 407 g/mol. The number of hydrogen-bond acceptors (Lipinski definition) is 7. The zero-order valence-electron chi connectivity index (χ0n) is 13.7. The van der Waals surface area contributed by atoms with Crippen LogP contribution in [0.5, 0.6) is 5.75 Å². The molecule has 27 heavy (non-hydrogen) atoms. The molecule has 2 aromatic carbocycles. The van der Waals surface area contributed by atoms with Gasteiger partial charge in [0.2, 0.25) is 0 Å². The van der Waals surface area contributed by atoms with Crippen LogP contribution in [0.25, 0.3) is 5.69 Å². The van der Waals surface area contributed by atoms with Crippen LogP contribution in [0.1, 0.15) is 5.69 Å². The van der Waals surface area contributed by atoms with E-state index in [9.17, 15) is 22.9 Å². The average Bonchev–Trinajstić information content (AvgIpc) is 2.89. The molecule has 0 spiro atoms. The summed E-state index contributed by atoms with van der Waals surface area (Å²) in [5.74, 6) is -0.894. The Labute approximate surface area is 158 Å². The van der Waals surface area contributed by atoms with E-state index in [1.807, 2.05) is 0 Å². The number of phenolic OH excluding ortho intramolecular Hbond substituents is 1. The maximum atomic E-state index is 12.5. The van der Waals surface area contributed by atoms with E-state index in [1.54, 1.807) is 37.3 Å². The predicted octanol–water partition coefficient (Wildman–Crippen LogP) is 3.15. The Hall–Kier alpha value is -2.95. The van der Waals surface area contributed by atoms with E-state index >= 15 is 0 Å². The van der Waals surface area contributed by atoms with E-state index in [0.29, 0.717) is 11.4 Å². The number of aromatic nitrogens is 2. The van der Waals surface area contributed by atoms with Crippen LogP contribution >= 0.6 is 11.6 Å². The Balaban J connectivity index is 2.07. The summed E-state index contributed by atoms with van der Waals surface area (Å²) >= 11 is 5.77.